The Kier molecular flexibility index (Phi) is 17.4. The van der Waals surface area contributed by atoms with Gasteiger partial charge in [0.15, 0.2) is 0 Å². The summed E-state index contributed by atoms with van der Waals surface area (Å²) in [6.07, 6.45) is 6.74. The number of hydrogen-bond acceptors (Lipinski definition) is 5. The quantitative estimate of drug-likeness (QED) is 0.324. The van der Waals surface area contributed by atoms with Crippen LogP contribution in [-0.4, -0.2) is 49.4 Å². The van der Waals surface area contributed by atoms with Crippen LogP contribution in [0.4, 0.5) is 0 Å². The van der Waals surface area contributed by atoms with Crippen LogP contribution < -0.4 is 16.0 Å². The van der Waals surface area contributed by atoms with Gasteiger partial charge in [0.2, 0.25) is 11.8 Å². The first-order valence-corrected chi connectivity index (χ1v) is 13.1. The van der Waals surface area contributed by atoms with E-state index in [1.807, 2.05) is 39.8 Å². The van der Waals surface area contributed by atoms with Gasteiger partial charge in [-0.2, -0.15) is 0 Å². The maximum atomic E-state index is 12.5. The van der Waals surface area contributed by atoms with Crippen LogP contribution >= 0.6 is 0 Å². The summed E-state index contributed by atoms with van der Waals surface area (Å²) in [5.41, 5.74) is 1.94. The summed E-state index contributed by atoms with van der Waals surface area (Å²) in [5.74, 6) is -1.60. The second-order valence-electron chi connectivity index (χ2n) is 8.11. The number of unbranched alkanes of at least 4 members (excludes halogenated alkanes) is 1. The van der Waals surface area contributed by atoms with Crippen molar-refractivity contribution in [2.24, 2.45) is 0 Å². The number of ether oxygens (including phenoxy) is 1. The average Bonchev–Trinajstić information content (AvgIpc) is 2.90. The zero-order valence-electron chi connectivity index (χ0n) is 23.0. The minimum atomic E-state index is -0.739. The van der Waals surface area contributed by atoms with E-state index in [2.05, 4.69) is 34.5 Å². The summed E-state index contributed by atoms with van der Waals surface area (Å²) >= 11 is 0. The van der Waals surface area contributed by atoms with Crippen LogP contribution in [0.2, 0.25) is 0 Å². The molecule has 1 heterocycles. The first-order valence-electron chi connectivity index (χ1n) is 13.1. The van der Waals surface area contributed by atoms with Gasteiger partial charge in [-0.15, -0.1) is 0 Å². The Morgan fingerprint density at radius 1 is 1.00 bits per heavy atom. The van der Waals surface area contributed by atoms with Crippen molar-refractivity contribution in [2.45, 2.75) is 92.2 Å². The maximum Gasteiger partial charge on any atom is 0.328 e. The zero-order chi connectivity index (χ0) is 27.5. The number of nitrogens with one attached hydrogen (secondary N) is 3. The molecule has 1 aliphatic rings. The fourth-order valence-electron chi connectivity index (χ4n) is 3.41. The van der Waals surface area contributed by atoms with Crippen molar-refractivity contribution in [1.29, 1.82) is 0 Å². The largest absolute Gasteiger partial charge is 0.467 e. The predicted molar refractivity (Wildman–Crippen MR) is 144 cm³/mol. The van der Waals surface area contributed by atoms with E-state index in [1.165, 1.54) is 26.0 Å². The predicted octanol–water partition coefficient (Wildman–Crippen LogP) is 4.39. The third-order valence-corrected chi connectivity index (χ3v) is 5.35. The van der Waals surface area contributed by atoms with Crippen molar-refractivity contribution in [2.75, 3.05) is 13.7 Å². The Bertz CT molecular complexity index is 864. The lowest BCUT2D eigenvalue weighted by atomic mass is 9.87. The first-order chi connectivity index (χ1) is 17.3. The Hall–Kier alpha value is -3.16. The zero-order valence-corrected chi connectivity index (χ0v) is 23.0. The van der Waals surface area contributed by atoms with E-state index < -0.39 is 23.8 Å². The fourth-order valence-corrected chi connectivity index (χ4v) is 3.41. The molecule has 0 saturated carbocycles. The highest BCUT2D eigenvalue weighted by molar-refractivity contribution is 6.07. The monoisotopic (exact) mass is 503 g/mol. The van der Waals surface area contributed by atoms with Gasteiger partial charge in [-0.25, -0.2) is 4.79 Å². The lowest BCUT2D eigenvalue weighted by Crippen LogP contribution is -2.46. The first kappa shape index (κ1) is 32.8. The van der Waals surface area contributed by atoms with E-state index in [9.17, 15) is 19.2 Å². The van der Waals surface area contributed by atoms with E-state index in [0.29, 0.717) is 36.0 Å². The lowest BCUT2D eigenvalue weighted by Gasteiger charge is -2.28. The molecule has 8 nitrogen and oxygen atoms in total. The minimum Gasteiger partial charge on any atom is -0.467 e. The third-order valence-electron chi connectivity index (χ3n) is 5.35. The molecule has 0 aliphatic carbocycles. The second-order valence-corrected chi connectivity index (χ2v) is 8.11. The molecule has 8 heteroatoms. The molecule has 2 atom stereocenters. The molecule has 2 rings (SSSR count). The van der Waals surface area contributed by atoms with E-state index >= 15 is 0 Å². The van der Waals surface area contributed by atoms with Crippen molar-refractivity contribution in [3.05, 3.63) is 41.5 Å². The standard InChI is InChI=1S/C22H29N3O5.C4H10.C2H6/c1-4-8-17-16(14-10-6-7-11-15(14)21(28)25-17)12-19(26)23-13-20(27)24-18(9-5-2)22(29)30-3;1-3-4-2;1-2/h6-7,10-12,17-18H,4-5,8-9,13H2,1-3H3,(H,23,26)(H,24,27)(H,25,28);3-4H2,1-2H3;1-2H3/b16-12-;;/t17?,18-;;/m0../s1. The minimum absolute atomic E-state index is 0.161. The van der Waals surface area contributed by atoms with Crippen LogP contribution in [0.3, 0.4) is 0 Å². The number of hydrogen-bond donors (Lipinski definition) is 3. The molecule has 202 valence electrons. The number of esters is 1. The highest BCUT2D eigenvalue weighted by Crippen LogP contribution is 2.29. The molecule has 3 N–H and O–H groups in total. The normalized spacial score (nSPS) is 15.6. The highest BCUT2D eigenvalue weighted by atomic mass is 16.5. The van der Waals surface area contributed by atoms with Crippen molar-refractivity contribution in [1.82, 2.24) is 16.0 Å². The van der Waals surface area contributed by atoms with Crippen LogP contribution in [0, 0.1) is 0 Å². The van der Waals surface area contributed by atoms with Gasteiger partial charge in [0.05, 0.1) is 19.7 Å². The molecule has 1 aromatic carbocycles. The smallest absolute Gasteiger partial charge is 0.328 e. The van der Waals surface area contributed by atoms with Gasteiger partial charge >= 0.3 is 5.97 Å². The van der Waals surface area contributed by atoms with Gasteiger partial charge in [0, 0.05) is 11.6 Å². The second kappa shape index (κ2) is 19.1. The van der Waals surface area contributed by atoms with Crippen molar-refractivity contribution < 1.29 is 23.9 Å². The Morgan fingerprint density at radius 2 is 1.61 bits per heavy atom. The van der Waals surface area contributed by atoms with Crippen LogP contribution in [0.15, 0.2) is 30.3 Å². The van der Waals surface area contributed by atoms with Crippen molar-refractivity contribution in [3.63, 3.8) is 0 Å². The van der Waals surface area contributed by atoms with Crippen molar-refractivity contribution in [3.8, 4) is 0 Å². The van der Waals surface area contributed by atoms with E-state index in [1.54, 1.807) is 12.1 Å². The van der Waals surface area contributed by atoms with E-state index in [0.717, 1.165) is 6.42 Å². The molecule has 0 bridgehead atoms. The number of carbonyl (C=O) groups excluding carboxylic acids is 4. The Balaban J connectivity index is 0.00000185. The van der Waals surface area contributed by atoms with Gasteiger partial charge in [-0.05, 0) is 30.0 Å². The van der Waals surface area contributed by atoms with Crippen LogP contribution in [0.1, 0.15) is 96.0 Å². The molecule has 1 unspecified atom stereocenters. The molecule has 0 aromatic heterocycles. The SMILES string of the molecule is CC.CCCC.CCCC1NC(=O)c2ccccc2/C1=C/C(=O)NCC(=O)N[C@@H](CCC)C(=O)OC. The number of carbonyl (C=O) groups is 4. The number of amides is 3. The maximum absolute atomic E-state index is 12.5. The molecule has 0 spiro atoms. The molecule has 0 radical (unpaired) electrons. The van der Waals surface area contributed by atoms with Crippen LogP contribution in [0.25, 0.3) is 5.57 Å². The summed E-state index contributed by atoms with van der Waals surface area (Å²) in [5, 5.41) is 8.05. The number of fused-ring (bicyclic) bond motifs is 1. The van der Waals surface area contributed by atoms with Gasteiger partial charge in [0.1, 0.15) is 6.04 Å². The summed E-state index contributed by atoms with van der Waals surface area (Å²) in [6, 6.07) is 6.11. The molecule has 1 aliphatic heterocycles. The molecule has 36 heavy (non-hydrogen) atoms. The lowest BCUT2D eigenvalue weighted by molar-refractivity contribution is -0.145. The molecule has 0 fully saturated rings. The number of benzene rings is 1. The van der Waals surface area contributed by atoms with Crippen LogP contribution in [-0.2, 0) is 19.1 Å². The van der Waals surface area contributed by atoms with Gasteiger partial charge in [0.25, 0.3) is 5.91 Å². The molecule has 1 aromatic rings. The molecule has 3 amide bonds. The molecular weight excluding hydrogens is 458 g/mol. The Labute approximate surface area is 216 Å². The molecular formula is C28H45N3O5. The van der Waals surface area contributed by atoms with Gasteiger partial charge < -0.3 is 20.7 Å². The number of methoxy groups -OCH3 is 1. The highest BCUT2D eigenvalue weighted by Gasteiger charge is 2.28. The van der Waals surface area contributed by atoms with Crippen molar-refractivity contribution >= 4 is 29.3 Å². The summed E-state index contributed by atoms with van der Waals surface area (Å²) in [7, 11) is 1.26. The summed E-state index contributed by atoms with van der Waals surface area (Å²) < 4.78 is 4.68. The van der Waals surface area contributed by atoms with E-state index in [4.69, 9.17) is 0 Å². The summed E-state index contributed by atoms with van der Waals surface area (Å²) in [6.45, 7) is 12.0. The average molecular weight is 504 g/mol. The van der Waals surface area contributed by atoms with Crippen LogP contribution in [0.5, 0.6) is 0 Å². The van der Waals surface area contributed by atoms with Gasteiger partial charge in [-0.1, -0.05) is 85.4 Å². The summed E-state index contributed by atoms with van der Waals surface area (Å²) in [4.78, 5) is 48.7. The van der Waals surface area contributed by atoms with Gasteiger partial charge in [-0.3, -0.25) is 14.4 Å². The Morgan fingerprint density at radius 3 is 2.14 bits per heavy atom. The fraction of sp³-hybridized carbons (Fsp3) is 0.571. The van der Waals surface area contributed by atoms with E-state index in [-0.39, 0.29) is 18.5 Å². The number of rotatable bonds is 10. The molecule has 0 saturated heterocycles. The third kappa shape index (κ3) is 11.1. The topological polar surface area (TPSA) is 114 Å².